The highest BCUT2D eigenvalue weighted by Gasteiger charge is 2.43. The lowest BCUT2D eigenvalue weighted by atomic mass is 9.91. The lowest BCUT2D eigenvalue weighted by Gasteiger charge is -2.38. The predicted octanol–water partition coefficient (Wildman–Crippen LogP) is 3.65. The number of hydrogen-bond donors (Lipinski definition) is 0. The van der Waals surface area contributed by atoms with Gasteiger partial charge in [0.25, 0.3) is 0 Å². The average molecular weight is 348 g/mol. The first kappa shape index (κ1) is 12.3. The Morgan fingerprint density at radius 2 is 1.81 bits per heavy atom. The molecular formula is C12H12Br2O2. The van der Waals surface area contributed by atoms with Crippen LogP contribution in [0.4, 0.5) is 0 Å². The average Bonchev–Trinajstić information content (AvgIpc) is 2.31. The Kier molecular flexibility index (Phi) is 3.54. The van der Waals surface area contributed by atoms with Gasteiger partial charge in [0.05, 0.1) is 4.83 Å². The van der Waals surface area contributed by atoms with Crippen molar-refractivity contribution in [3.05, 3.63) is 41.5 Å². The van der Waals surface area contributed by atoms with Crippen LogP contribution < -0.4 is 0 Å². The lowest BCUT2D eigenvalue weighted by molar-refractivity contribution is -0.208. The van der Waals surface area contributed by atoms with E-state index in [0.29, 0.717) is 0 Å². The molecule has 1 aromatic carbocycles. The minimum absolute atomic E-state index is 0.0284. The third-order valence-corrected chi connectivity index (χ3v) is 4.38. The highest BCUT2D eigenvalue weighted by molar-refractivity contribution is 9.15. The van der Waals surface area contributed by atoms with Gasteiger partial charge in [0.2, 0.25) is 5.79 Å². The number of ether oxygens (including phenoxy) is 2. The Morgan fingerprint density at radius 3 is 2.44 bits per heavy atom. The van der Waals surface area contributed by atoms with Crippen LogP contribution in [0.25, 0.3) is 4.48 Å². The van der Waals surface area contributed by atoms with E-state index in [0.717, 1.165) is 15.6 Å². The molecule has 1 atom stereocenters. The zero-order chi connectivity index (χ0) is 11.8. The van der Waals surface area contributed by atoms with Gasteiger partial charge in [-0.3, -0.25) is 0 Å². The number of methoxy groups -OCH3 is 2. The zero-order valence-corrected chi connectivity index (χ0v) is 12.2. The Labute approximate surface area is 112 Å². The molecule has 1 unspecified atom stereocenters. The molecule has 0 saturated heterocycles. The van der Waals surface area contributed by atoms with Gasteiger partial charge in [-0.15, -0.1) is 0 Å². The molecule has 16 heavy (non-hydrogen) atoms. The van der Waals surface area contributed by atoms with Crippen LogP contribution in [0.2, 0.25) is 0 Å². The van der Waals surface area contributed by atoms with Gasteiger partial charge < -0.3 is 9.47 Å². The fourth-order valence-corrected chi connectivity index (χ4v) is 3.85. The zero-order valence-electron chi connectivity index (χ0n) is 9.04. The van der Waals surface area contributed by atoms with Crippen molar-refractivity contribution in [1.29, 1.82) is 0 Å². The Hall–Kier alpha value is -0.160. The molecule has 0 amide bonds. The SMILES string of the molecule is COC1(OC)c2ccccc2C(Br)=CC1Br. The number of fused-ring (bicyclic) bond motifs is 1. The van der Waals surface area contributed by atoms with Gasteiger partial charge in [0.1, 0.15) is 0 Å². The van der Waals surface area contributed by atoms with Crippen molar-refractivity contribution in [1.82, 2.24) is 0 Å². The largest absolute Gasteiger partial charge is 0.348 e. The van der Waals surface area contributed by atoms with Crippen LogP contribution in [0.15, 0.2) is 30.3 Å². The van der Waals surface area contributed by atoms with Crippen LogP contribution in [0.1, 0.15) is 11.1 Å². The second kappa shape index (κ2) is 4.61. The summed E-state index contributed by atoms with van der Waals surface area (Å²) >= 11 is 7.14. The van der Waals surface area contributed by atoms with Gasteiger partial charge in [-0.2, -0.15) is 0 Å². The van der Waals surface area contributed by atoms with Crippen LogP contribution in [0.3, 0.4) is 0 Å². The fourth-order valence-electron chi connectivity index (χ4n) is 2.00. The van der Waals surface area contributed by atoms with Gasteiger partial charge in [0.15, 0.2) is 0 Å². The summed E-state index contributed by atoms with van der Waals surface area (Å²) in [5.41, 5.74) is 2.12. The smallest absolute Gasteiger partial charge is 0.211 e. The van der Waals surface area contributed by atoms with Crippen LogP contribution in [-0.4, -0.2) is 19.0 Å². The maximum atomic E-state index is 5.58. The van der Waals surface area contributed by atoms with E-state index < -0.39 is 5.79 Å². The summed E-state index contributed by atoms with van der Waals surface area (Å²) in [4.78, 5) is -0.0284. The van der Waals surface area contributed by atoms with Crippen molar-refractivity contribution in [2.24, 2.45) is 0 Å². The molecule has 2 nitrogen and oxygen atoms in total. The highest BCUT2D eigenvalue weighted by atomic mass is 79.9. The summed E-state index contributed by atoms with van der Waals surface area (Å²) in [5, 5.41) is 0. The Balaban J connectivity index is 2.66. The van der Waals surface area contributed by atoms with Crippen LogP contribution in [0.5, 0.6) is 0 Å². The van der Waals surface area contributed by atoms with Gasteiger partial charge >= 0.3 is 0 Å². The fraction of sp³-hybridized carbons (Fsp3) is 0.333. The number of hydrogen-bond acceptors (Lipinski definition) is 2. The molecule has 0 N–H and O–H groups in total. The number of benzene rings is 1. The molecule has 0 aliphatic heterocycles. The molecule has 4 heteroatoms. The molecule has 1 aliphatic carbocycles. The molecular weight excluding hydrogens is 336 g/mol. The quantitative estimate of drug-likeness (QED) is 0.600. The summed E-state index contributed by atoms with van der Waals surface area (Å²) in [5.74, 6) is -0.756. The predicted molar refractivity (Wildman–Crippen MR) is 71.8 cm³/mol. The Morgan fingerprint density at radius 1 is 1.19 bits per heavy atom. The molecule has 0 spiro atoms. The maximum absolute atomic E-state index is 5.58. The third kappa shape index (κ3) is 1.68. The monoisotopic (exact) mass is 346 g/mol. The van der Waals surface area contributed by atoms with Crippen LogP contribution in [-0.2, 0) is 15.3 Å². The standard InChI is InChI=1S/C12H12Br2O2/c1-15-12(16-2)9-6-4-3-5-8(9)10(13)7-11(12)14/h3-7,11H,1-2H3. The van der Waals surface area contributed by atoms with Crippen molar-refractivity contribution in [3.63, 3.8) is 0 Å². The van der Waals surface area contributed by atoms with E-state index in [9.17, 15) is 0 Å². The van der Waals surface area contributed by atoms with E-state index in [1.807, 2.05) is 30.3 Å². The van der Waals surface area contributed by atoms with Crippen molar-refractivity contribution >= 4 is 36.3 Å². The molecule has 86 valence electrons. The summed E-state index contributed by atoms with van der Waals surface area (Å²) in [6.45, 7) is 0. The molecule has 0 bridgehead atoms. The van der Waals surface area contributed by atoms with Gasteiger partial charge in [0, 0.05) is 24.3 Å². The summed E-state index contributed by atoms with van der Waals surface area (Å²) in [6, 6.07) is 8.04. The van der Waals surface area contributed by atoms with Crippen LogP contribution >= 0.6 is 31.9 Å². The first-order valence-electron chi connectivity index (χ1n) is 4.87. The minimum atomic E-state index is -0.756. The normalized spacial score (nSPS) is 22.5. The van der Waals surface area contributed by atoms with E-state index >= 15 is 0 Å². The second-order valence-electron chi connectivity index (χ2n) is 3.54. The van der Waals surface area contributed by atoms with E-state index in [1.165, 1.54) is 0 Å². The first-order valence-corrected chi connectivity index (χ1v) is 6.58. The number of halogens is 2. The first-order chi connectivity index (χ1) is 7.65. The van der Waals surface area contributed by atoms with E-state index in [4.69, 9.17) is 9.47 Å². The molecule has 0 heterocycles. The molecule has 0 fully saturated rings. The Bertz CT molecular complexity index is 425. The van der Waals surface area contributed by atoms with E-state index in [2.05, 4.69) is 31.9 Å². The molecule has 1 aromatic rings. The molecule has 0 aromatic heterocycles. The summed E-state index contributed by atoms with van der Waals surface area (Å²) in [7, 11) is 3.31. The highest BCUT2D eigenvalue weighted by Crippen LogP contribution is 2.45. The van der Waals surface area contributed by atoms with Crippen molar-refractivity contribution in [3.8, 4) is 0 Å². The number of alkyl halides is 1. The molecule has 1 aliphatic rings. The third-order valence-electron chi connectivity index (χ3n) is 2.82. The van der Waals surface area contributed by atoms with E-state index in [1.54, 1.807) is 14.2 Å². The molecule has 2 rings (SSSR count). The summed E-state index contributed by atoms with van der Waals surface area (Å²) < 4.78 is 12.2. The second-order valence-corrected chi connectivity index (χ2v) is 5.38. The molecule has 0 radical (unpaired) electrons. The van der Waals surface area contributed by atoms with Gasteiger partial charge in [-0.05, 0) is 5.56 Å². The van der Waals surface area contributed by atoms with Crippen molar-refractivity contribution < 1.29 is 9.47 Å². The van der Waals surface area contributed by atoms with Gasteiger partial charge in [-0.1, -0.05) is 62.2 Å². The minimum Gasteiger partial charge on any atom is -0.348 e. The van der Waals surface area contributed by atoms with Crippen molar-refractivity contribution in [2.45, 2.75) is 10.6 Å². The van der Waals surface area contributed by atoms with E-state index in [-0.39, 0.29) is 4.83 Å². The molecule has 0 saturated carbocycles. The van der Waals surface area contributed by atoms with Crippen LogP contribution in [0, 0.1) is 0 Å². The number of rotatable bonds is 2. The summed E-state index contributed by atoms with van der Waals surface area (Å²) in [6.07, 6.45) is 2.04. The topological polar surface area (TPSA) is 18.5 Å². The van der Waals surface area contributed by atoms with Gasteiger partial charge in [-0.25, -0.2) is 0 Å². The van der Waals surface area contributed by atoms with Crippen molar-refractivity contribution in [2.75, 3.05) is 14.2 Å². The lowest BCUT2D eigenvalue weighted by Crippen LogP contribution is -2.41. The maximum Gasteiger partial charge on any atom is 0.211 e.